The third-order valence-corrected chi connectivity index (χ3v) is 5.70. The Labute approximate surface area is 180 Å². The van der Waals surface area contributed by atoms with Crippen LogP contribution in [0, 0.1) is 0 Å². The molecule has 1 aliphatic heterocycles. The summed E-state index contributed by atoms with van der Waals surface area (Å²) in [6.45, 7) is 5.86. The second kappa shape index (κ2) is 9.31. The molecule has 1 aromatic carbocycles. The third kappa shape index (κ3) is 5.19. The minimum Gasteiger partial charge on any atom is -0.399 e. The second-order valence-corrected chi connectivity index (χ2v) is 8.40. The monoisotopic (exact) mass is 425 g/mol. The van der Waals surface area contributed by atoms with Gasteiger partial charge in [-0.3, -0.25) is 5.10 Å². The first kappa shape index (κ1) is 20.4. The van der Waals surface area contributed by atoms with E-state index in [2.05, 4.69) is 49.3 Å². The summed E-state index contributed by atoms with van der Waals surface area (Å²) in [5.41, 5.74) is 7.73. The summed E-state index contributed by atoms with van der Waals surface area (Å²) in [6.07, 6.45) is 2.01. The average molecular weight is 426 g/mol. The number of nitrogens with zero attached hydrogens (tertiary/aromatic N) is 6. The molecule has 0 atom stereocenters. The van der Waals surface area contributed by atoms with Gasteiger partial charge in [0.25, 0.3) is 0 Å². The molecule has 1 saturated heterocycles. The first-order chi connectivity index (χ1) is 14.6. The van der Waals surface area contributed by atoms with Gasteiger partial charge in [-0.2, -0.15) is 20.1 Å². The van der Waals surface area contributed by atoms with Gasteiger partial charge in [0, 0.05) is 48.5 Å². The molecule has 2 aromatic heterocycles. The van der Waals surface area contributed by atoms with E-state index in [1.165, 1.54) is 11.8 Å². The predicted molar refractivity (Wildman–Crippen MR) is 120 cm³/mol. The lowest BCUT2D eigenvalue weighted by molar-refractivity contribution is 0.311. The molecule has 0 unspecified atom stereocenters. The van der Waals surface area contributed by atoms with Crippen LogP contribution in [0.4, 0.5) is 23.4 Å². The molecule has 4 N–H and O–H groups in total. The van der Waals surface area contributed by atoms with Gasteiger partial charge in [-0.05, 0) is 43.4 Å². The number of nitrogens with two attached hydrogens (primary N) is 1. The van der Waals surface area contributed by atoms with Crippen LogP contribution in [0.15, 0.2) is 40.4 Å². The molecule has 3 heterocycles. The van der Waals surface area contributed by atoms with Crippen molar-refractivity contribution >= 4 is 35.2 Å². The van der Waals surface area contributed by atoms with Crippen molar-refractivity contribution in [2.75, 3.05) is 49.2 Å². The van der Waals surface area contributed by atoms with Gasteiger partial charge in [0.15, 0.2) is 11.0 Å². The van der Waals surface area contributed by atoms with Crippen molar-refractivity contribution in [1.29, 1.82) is 0 Å². The first-order valence-electron chi connectivity index (χ1n) is 10.1. The Kier molecular flexibility index (Phi) is 6.34. The van der Waals surface area contributed by atoms with Crippen molar-refractivity contribution in [2.45, 2.75) is 29.8 Å². The minimum atomic E-state index is 0.486. The fourth-order valence-corrected chi connectivity index (χ4v) is 4.03. The van der Waals surface area contributed by atoms with E-state index in [4.69, 9.17) is 10.7 Å². The maximum absolute atomic E-state index is 5.93. The molecule has 3 aromatic rings. The molecular formula is C20H27N9S. The Morgan fingerprint density at radius 1 is 1.13 bits per heavy atom. The van der Waals surface area contributed by atoms with E-state index in [0.29, 0.717) is 28.6 Å². The van der Waals surface area contributed by atoms with Crippen molar-refractivity contribution in [3.05, 3.63) is 36.0 Å². The second-order valence-electron chi connectivity index (χ2n) is 7.36. The lowest BCUT2D eigenvalue weighted by atomic mass is 10.2. The highest BCUT2D eigenvalue weighted by Gasteiger charge is 2.19. The highest BCUT2D eigenvalue weighted by molar-refractivity contribution is 7.99. The summed E-state index contributed by atoms with van der Waals surface area (Å²) < 4.78 is 0. The zero-order valence-electron chi connectivity index (χ0n) is 17.3. The molecule has 9 nitrogen and oxygen atoms in total. The molecule has 158 valence electrons. The molecule has 10 heteroatoms. The molecule has 0 saturated carbocycles. The van der Waals surface area contributed by atoms with Crippen LogP contribution in [0.3, 0.4) is 0 Å². The minimum absolute atomic E-state index is 0.486. The van der Waals surface area contributed by atoms with Crippen molar-refractivity contribution < 1.29 is 0 Å². The number of anilines is 4. The summed E-state index contributed by atoms with van der Waals surface area (Å²) >= 11 is 1.47. The lowest BCUT2D eigenvalue weighted by Crippen LogP contribution is -2.45. The number of rotatable bonds is 7. The number of benzene rings is 1. The molecule has 0 radical (unpaired) electrons. The van der Waals surface area contributed by atoms with Crippen LogP contribution >= 0.6 is 11.8 Å². The quantitative estimate of drug-likeness (QED) is 0.492. The van der Waals surface area contributed by atoms with Crippen LogP contribution in [-0.4, -0.2) is 63.3 Å². The topological polar surface area (TPSA) is 112 Å². The number of hydrogen-bond acceptors (Lipinski definition) is 9. The van der Waals surface area contributed by atoms with Gasteiger partial charge in [-0.15, -0.1) is 0 Å². The van der Waals surface area contributed by atoms with E-state index in [1.54, 1.807) is 0 Å². The zero-order chi connectivity index (χ0) is 20.9. The standard InChI is InChI=1S/C20H27N9S/c1-3-5-15-13-17(27-26-15)22-18-23-19(29-10-8-28(2)9-11-29)25-20(24-18)30-16-7-4-6-14(21)12-16/h4,6-7,12-13H,3,5,8-11,21H2,1-2H3,(H2,22,23,24,25,26,27). The van der Waals surface area contributed by atoms with E-state index in [1.807, 2.05) is 30.3 Å². The smallest absolute Gasteiger partial charge is 0.234 e. The molecule has 30 heavy (non-hydrogen) atoms. The molecule has 0 amide bonds. The van der Waals surface area contributed by atoms with E-state index in [0.717, 1.165) is 49.6 Å². The molecule has 0 bridgehead atoms. The van der Waals surface area contributed by atoms with Crippen LogP contribution in [0.1, 0.15) is 19.0 Å². The van der Waals surface area contributed by atoms with Crippen LogP contribution in [0.2, 0.25) is 0 Å². The Hall–Kier alpha value is -2.85. The SMILES string of the molecule is CCCc1cc(Nc2nc(Sc3cccc(N)c3)nc(N3CCN(C)CC3)n2)n[nH]1. The summed E-state index contributed by atoms with van der Waals surface area (Å²) in [4.78, 5) is 19.5. The van der Waals surface area contributed by atoms with E-state index in [-0.39, 0.29) is 0 Å². The first-order valence-corrected chi connectivity index (χ1v) is 10.9. The average Bonchev–Trinajstić information content (AvgIpc) is 3.15. The molecule has 4 rings (SSSR count). The Morgan fingerprint density at radius 2 is 1.97 bits per heavy atom. The number of aromatic amines is 1. The van der Waals surface area contributed by atoms with Gasteiger partial charge < -0.3 is 20.9 Å². The van der Waals surface area contributed by atoms with Crippen LogP contribution in [0.5, 0.6) is 0 Å². The number of hydrogen-bond donors (Lipinski definition) is 3. The molecule has 1 aliphatic rings. The summed E-state index contributed by atoms with van der Waals surface area (Å²) in [5, 5.41) is 11.2. The number of nitrogen functional groups attached to an aromatic ring is 1. The van der Waals surface area contributed by atoms with Crippen molar-refractivity contribution in [1.82, 2.24) is 30.0 Å². The van der Waals surface area contributed by atoms with Crippen LogP contribution in [-0.2, 0) is 6.42 Å². The fraction of sp³-hybridized carbons (Fsp3) is 0.400. The van der Waals surface area contributed by atoms with Gasteiger partial charge in [0.05, 0.1) is 0 Å². The van der Waals surface area contributed by atoms with E-state index in [9.17, 15) is 0 Å². The van der Waals surface area contributed by atoms with Crippen molar-refractivity contribution in [3.8, 4) is 0 Å². The van der Waals surface area contributed by atoms with E-state index < -0.39 is 0 Å². The number of aryl methyl sites for hydroxylation is 1. The molecule has 1 fully saturated rings. The van der Waals surface area contributed by atoms with Gasteiger partial charge in [0.1, 0.15) is 0 Å². The normalized spacial score (nSPS) is 14.8. The van der Waals surface area contributed by atoms with Gasteiger partial charge in [0.2, 0.25) is 11.9 Å². The highest BCUT2D eigenvalue weighted by atomic mass is 32.2. The lowest BCUT2D eigenvalue weighted by Gasteiger charge is -2.32. The molecular weight excluding hydrogens is 398 g/mol. The summed E-state index contributed by atoms with van der Waals surface area (Å²) in [7, 11) is 2.13. The van der Waals surface area contributed by atoms with Crippen molar-refractivity contribution in [3.63, 3.8) is 0 Å². The Morgan fingerprint density at radius 3 is 2.73 bits per heavy atom. The van der Waals surface area contributed by atoms with Gasteiger partial charge in [-0.1, -0.05) is 19.4 Å². The molecule has 0 aliphatic carbocycles. The predicted octanol–water partition coefficient (Wildman–Crippen LogP) is 2.78. The number of likely N-dealkylation sites (N-methyl/N-ethyl adjacent to an activating group) is 1. The summed E-state index contributed by atoms with van der Waals surface area (Å²) in [5.74, 6) is 1.87. The zero-order valence-corrected chi connectivity index (χ0v) is 18.1. The fourth-order valence-electron chi connectivity index (χ4n) is 3.22. The van der Waals surface area contributed by atoms with Crippen molar-refractivity contribution in [2.24, 2.45) is 0 Å². The highest BCUT2D eigenvalue weighted by Crippen LogP contribution is 2.28. The van der Waals surface area contributed by atoms with Crippen LogP contribution in [0.25, 0.3) is 0 Å². The Balaban J connectivity index is 1.60. The maximum Gasteiger partial charge on any atom is 0.234 e. The van der Waals surface area contributed by atoms with Gasteiger partial charge >= 0.3 is 0 Å². The van der Waals surface area contributed by atoms with E-state index >= 15 is 0 Å². The van der Waals surface area contributed by atoms with Gasteiger partial charge in [-0.25, -0.2) is 0 Å². The summed E-state index contributed by atoms with van der Waals surface area (Å²) in [6, 6.07) is 9.71. The number of nitrogens with one attached hydrogen (secondary N) is 2. The largest absolute Gasteiger partial charge is 0.399 e. The maximum atomic E-state index is 5.93. The van der Waals surface area contributed by atoms with Crippen LogP contribution < -0.4 is 16.0 Å². The number of H-pyrrole nitrogens is 1. The number of piperazine rings is 1. The third-order valence-electron chi connectivity index (χ3n) is 4.85. The molecule has 0 spiro atoms. The Bertz CT molecular complexity index is 982. The number of aromatic nitrogens is 5.